The van der Waals surface area contributed by atoms with Crippen LogP contribution in [0.15, 0.2) is 53.4 Å². The number of hydrogen-bond acceptors (Lipinski definition) is 4. The van der Waals surface area contributed by atoms with Gasteiger partial charge in [-0.1, -0.05) is 24.3 Å². The second-order valence-corrected chi connectivity index (χ2v) is 6.82. The highest BCUT2D eigenvalue weighted by Gasteiger charge is 2.27. The van der Waals surface area contributed by atoms with E-state index in [9.17, 15) is 13.2 Å². The lowest BCUT2D eigenvalue weighted by atomic mass is 9.97. The Kier molecular flexibility index (Phi) is 4.16. The van der Waals surface area contributed by atoms with Crippen LogP contribution < -0.4 is 10.5 Å². The van der Waals surface area contributed by atoms with Crippen LogP contribution in [0, 0.1) is 0 Å². The predicted molar refractivity (Wildman–Crippen MR) is 85.3 cm³/mol. The molecule has 1 atom stereocenters. The van der Waals surface area contributed by atoms with Crippen molar-refractivity contribution in [1.82, 2.24) is 0 Å². The van der Waals surface area contributed by atoms with Gasteiger partial charge < -0.3 is 10.1 Å². The number of anilines is 1. The van der Waals surface area contributed by atoms with Crippen LogP contribution in [0.2, 0.25) is 0 Å². The number of nitrogens with two attached hydrogens (primary N) is 1. The minimum absolute atomic E-state index is 0.00485. The molecule has 1 aliphatic rings. The molecule has 3 rings (SSSR count). The van der Waals surface area contributed by atoms with E-state index >= 15 is 0 Å². The van der Waals surface area contributed by atoms with Crippen LogP contribution in [-0.4, -0.2) is 20.9 Å². The van der Waals surface area contributed by atoms with Crippen molar-refractivity contribution in [2.45, 2.75) is 17.4 Å². The number of nitrogens with one attached hydrogen (secondary N) is 1. The molecule has 0 saturated heterocycles. The molecule has 0 spiro atoms. The van der Waals surface area contributed by atoms with E-state index in [-0.39, 0.29) is 10.8 Å². The summed E-state index contributed by atoms with van der Waals surface area (Å²) in [6, 6.07) is 13.3. The lowest BCUT2D eigenvalue weighted by molar-refractivity contribution is -0.128. The molecular weight excluding hydrogens is 316 g/mol. The molecule has 1 amide bonds. The van der Waals surface area contributed by atoms with Crippen LogP contribution in [0.3, 0.4) is 0 Å². The van der Waals surface area contributed by atoms with Gasteiger partial charge in [-0.2, -0.15) is 0 Å². The van der Waals surface area contributed by atoms with Crippen LogP contribution in [-0.2, 0) is 26.0 Å². The third-order valence-corrected chi connectivity index (χ3v) is 4.61. The third-order valence-electron chi connectivity index (χ3n) is 3.68. The summed E-state index contributed by atoms with van der Waals surface area (Å²) in [4.78, 5) is 12.4. The van der Waals surface area contributed by atoms with Gasteiger partial charge in [0, 0.05) is 5.69 Å². The average molecular weight is 332 g/mol. The predicted octanol–water partition coefficient (Wildman–Crippen LogP) is 1.59. The first-order valence-corrected chi connectivity index (χ1v) is 8.63. The average Bonchev–Trinajstić information content (AvgIpc) is 2.54. The van der Waals surface area contributed by atoms with Crippen molar-refractivity contribution >= 4 is 21.6 Å². The zero-order valence-electron chi connectivity index (χ0n) is 12.2. The van der Waals surface area contributed by atoms with Gasteiger partial charge >= 0.3 is 0 Å². The van der Waals surface area contributed by atoms with E-state index in [0.717, 1.165) is 17.5 Å². The van der Waals surface area contributed by atoms with Crippen molar-refractivity contribution < 1.29 is 17.9 Å². The summed E-state index contributed by atoms with van der Waals surface area (Å²) in [7, 11) is -3.75. The minimum atomic E-state index is -3.75. The summed E-state index contributed by atoms with van der Waals surface area (Å²) in [5.41, 5.74) is 2.44. The van der Waals surface area contributed by atoms with Crippen LogP contribution in [0.5, 0.6) is 0 Å². The molecule has 0 aliphatic carbocycles. The molecule has 0 aromatic heterocycles. The van der Waals surface area contributed by atoms with E-state index in [1.54, 1.807) is 0 Å². The van der Waals surface area contributed by atoms with Gasteiger partial charge in [0.05, 0.1) is 11.5 Å². The topological polar surface area (TPSA) is 98.5 Å². The number of ether oxygens (including phenoxy) is 1. The zero-order chi connectivity index (χ0) is 16.4. The monoisotopic (exact) mass is 332 g/mol. The Morgan fingerprint density at radius 3 is 2.52 bits per heavy atom. The van der Waals surface area contributed by atoms with Crippen molar-refractivity contribution in [2.75, 3.05) is 11.9 Å². The first kappa shape index (κ1) is 15.7. The number of rotatable bonds is 3. The first-order valence-electron chi connectivity index (χ1n) is 7.08. The number of hydrogen-bond donors (Lipinski definition) is 2. The smallest absolute Gasteiger partial charge is 0.258 e. The fourth-order valence-electron chi connectivity index (χ4n) is 2.55. The van der Waals surface area contributed by atoms with Crippen molar-refractivity contribution in [2.24, 2.45) is 5.14 Å². The zero-order valence-corrected chi connectivity index (χ0v) is 13.0. The second kappa shape index (κ2) is 6.11. The van der Waals surface area contributed by atoms with E-state index in [0.29, 0.717) is 12.3 Å². The number of primary sulfonamides is 1. The van der Waals surface area contributed by atoms with Crippen LogP contribution in [0.25, 0.3) is 0 Å². The number of amides is 1. The SMILES string of the molecule is NS(=O)(=O)c1ccc(NC(=O)[C@H]2OCCc3ccccc32)cc1. The number of fused-ring (bicyclic) bond motifs is 1. The molecule has 0 radical (unpaired) electrons. The Hall–Kier alpha value is -2.22. The molecule has 6 nitrogen and oxygen atoms in total. The summed E-state index contributed by atoms with van der Waals surface area (Å²) < 4.78 is 28.0. The van der Waals surface area contributed by atoms with Crippen molar-refractivity contribution in [3.05, 3.63) is 59.7 Å². The molecule has 120 valence electrons. The van der Waals surface area contributed by atoms with Gasteiger partial charge in [0.25, 0.3) is 5.91 Å². The number of carbonyl (C=O) groups excluding carboxylic acids is 1. The van der Waals surface area contributed by atoms with Gasteiger partial charge in [0.15, 0.2) is 6.10 Å². The maximum absolute atomic E-state index is 12.4. The van der Waals surface area contributed by atoms with E-state index in [4.69, 9.17) is 9.88 Å². The Bertz CT molecular complexity index is 831. The van der Waals surface area contributed by atoms with Crippen LogP contribution >= 0.6 is 0 Å². The van der Waals surface area contributed by atoms with Gasteiger partial charge in [0.1, 0.15) is 0 Å². The fraction of sp³-hybridized carbons (Fsp3) is 0.188. The first-order chi connectivity index (χ1) is 10.9. The molecule has 2 aromatic rings. The summed E-state index contributed by atoms with van der Waals surface area (Å²) in [6.45, 7) is 0.486. The van der Waals surface area contributed by atoms with Crippen LogP contribution in [0.4, 0.5) is 5.69 Å². The molecule has 1 heterocycles. The highest BCUT2D eigenvalue weighted by molar-refractivity contribution is 7.89. The lowest BCUT2D eigenvalue weighted by Gasteiger charge is -2.25. The van der Waals surface area contributed by atoms with Crippen molar-refractivity contribution in [3.63, 3.8) is 0 Å². The third kappa shape index (κ3) is 3.42. The van der Waals surface area contributed by atoms with E-state index in [2.05, 4.69) is 5.32 Å². The highest BCUT2D eigenvalue weighted by atomic mass is 32.2. The summed E-state index contributed by atoms with van der Waals surface area (Å²) in [5, 5.41) is 7.77. The largest absolute Gasteiger partial charge is 0.363 e. The number of carbonyl (C=O) groups is 1. The lowest BCUT2D eigenvalue weighted by Crippen LogP contribution is -2.28. The van der Waals surface area contributed by atoms with E-state index in [1.165, 1.54) is 24.3 Å². The fourth-order valence-corrected chi connectivity index (χ4v) is 3.06. The molecule has 2 aromatic carbocycles. The quantitative estimate of drug-likeness (QED) is 0.891. The molecule has 0 fully saturated rings. The Morgan fingerprint density at radius 1 is 1.13 bits per heavy atom. The standard InChI is InChI=1S/C16H16N2O4S/c17-23(20,21)13-7-5-12(6-8-13)18-16(19)15-14-4-2-1-3-11(14)9-10-22-15/h1-8,15H,9-10H2,(H,18,19)(H2,17,20,21)/t15-/m0/s1. The Balaban J connectivity index is 1.78. The van der Waals surface area contributed by atoms with Gasteiger partial charge in [-0.25, -0.2) is 13.6 Å². The maximum Gasteiger partial charge on any atom is 0.258 e. The van der Waals surface area contributed by atoms with Gasteiger partial charge in [-0.05, 0) is 41.8 Å². The number of sulfonamides is 1. The molecule has 0 unspecified atom stereocenters. The van der Waals surface area contributed by atoms with Crippen molar-refractivity contribution in [3.8, 4) is 0 Å². The van der Waals surface area contributed by atoms with Crippen LogP contribution in [0.1, 0.15) is 17.2 Å². The highest BCUT2D eigenvalue weighted by Crippen LogP contribution is 2.28. The van der Waals surface area contributed by atoms with E-state index in [1.807, 2.05) is 24.3 Å². The molecule has 1 aliphatic heterocycles. The minimum Gasteiger partial charge on any atom is -0.363 e. The molecule has 0 saturated carbocycles. The maximum atomic E-state index is 12.4. The summed E-state index contributed by atoms with van der Waals surface area (Å²) >= 11 is 0. The molecular formula is C16H16N2O4S. The second-order valence-electron chi connectivity index (χ2n) is 5.26. The molecule has 3 N–H and O–H groups in total. The number of benzene rings is 2. The Morgan fingerprint density at radius 2 is 1.83 bits per heavy atom. The van der Waals surface area contributed by atoms with E-state index < -0.39 is 16.1 Å². The normalized spacial score (nSPS) is 17.3. The molecule has 7 heteroatoms. The van der Waals surface area contributed by atoms with Gasteiger partial charge in [0.2, 0.25) is 10.0 Å². The summed E-state index contributed by atoms with van der Waals surface area (Å²) in [6.07, 6.45) is 0.112. The molecule has 23 heavy (non-hydrogen) atoms. The Labute approximate surface area is 134 Å². The summed E-state index contributed by atoms with van der Waals surface area (Å²) in [5.74, 6) is -0.291. The molecule has 0 bridgehead atoms. The van der Waals surface area contributed by atoms with Crippen molar-refractivity contribution in [1.29, 1.82) is 0 Å². The van der Waals surface area contributed by atoms with Gasteiger partial charge in [-0.3, -0.25) is 4.79 Å². The van der Waals surface area contributed by atoms with Gasteiger partial charge in [-0.15, -0.1) is 0 Å².